The normalized spacial score (nSPS) is 14.8. The molecule has 7 heteroatoms. The van der Waals surface area contributed by atoms with Gasteiger partial charge in [-0.2, -0.15) is 0 Å². The van der Waals surface area contributed by atoms with Crippen molar-refractivity contribution in [2.45, 2.75) is 19.1 Å². The Hall–Kier alpha value is -1.56. The highest BCUT2D eigenvalue weighted by Gasteiger charge is 2.27. The molecule has 0 aliphatic rings. The van der Waals surface area contributed by atoms with Crippen LogP contribution in [0.2, 0.25) is 0 Å². The van der Waals surface area contributed by atoms with E-state index in [1.807, 2.05) is 36.4 Å². The van der Waals surface area contributed by atoms with Crippen molar-refractivity contribution in [2.24, 2.45) is 0 Å². The zero-order valence-electron chi connectivity index (χ0n) is 12.2. The van der Waals surface area contributed by atoms with Crippen LogP contribution in [0, 0.1) is 0 Å². The molecular weight excluding hydrogens is 335 g/mol. The molecule has 0 saturated heterocycles. The molecule has 0 spiro atoms. The van der Waals surface area contributed by atoms with E-state index in [-0.39, 0.29) is 13.0 Å². The molecule has 23 heavy (non-hydrogen) atoms. The first kappa shape index (κ1) is 17.8. The lowest BCUT2D eigenvalue weighted by molar-refractivity contribution is -0.145. The molecule has 2 aromatic rings. The minimum atomic E-state index is -3.65. The highest BCUT2D eigenvalue weighted by molar-refractivity contribution is 8.07. The SMILES string of the molecule is O=C(O)[C@H](Cc1ccccc1)OP(O)(=S)OCc1ccccc1. The van der Waals surface area contributed by atoms with Gasteiger partial charge in [0.05, 0.1) is 6.61 Å². The summed E-state index contributed by atoms with van der Waals surface area (Å²) in [6.45, 7) is -3.59. The van der Waals surface area contributed by atoms with E-state index in [9.17, 15) is 14.8 Å². The van der Waals surface area contributed by atoms with E-state index >= 15 is 0 Å². The fourth-order valence-corrected chi connectivity index (χ4v) is 3.25. The van der Waals surface area contributed by atoms with Crippen molar-refractivity contribution in [3.8, 4) is 0 Å². The third-order valence-electron chi connectivity index (χ3n) is 3.04. The molecule has 5 nitrogen and oxygen atoms in total. The predicted molar refractivity (Wildman–Crippen MR) is 90.4 cm³/mol. The van der Waals surface area contributed by atoms with E-state index in [0.717, 1.165) is 11.1 Å². The summed E-state index contributed by atoms with van der Waals surface area (Å²) >= 11 is 4.91. The topological polar surface area (TPSA) is 76.0 Å². The van der Waals surface area contributed by atoms with Gasteiger partial charge in [-0.05, 0) is 22.9 Å². The van der Waals surface area contributed by atoms with Gasteiger partial charge in [0.1, 0.15) is 0 Å². The summed E-state index contributed by atoms with van der Waals surface area (Å²) in [5, 5.41) is 9.26. The lowest BCUT2D eigenvalue weighted by atomic mass is 10.1. The maximum absolute atomic E-state index is 11.3. The Morgan fingerprint density at radius 1 is 1.04 bits per heavy atom. The van der Waals surface area contributed by atoms with Crippen LogP contribution in [0.3, 0.4) is 0 Å². The van der Waals surface area contributed by atoms with Gasteiger partial charge in [0.2, 0.25) is 0 Å². The van der Waals surface area contributed by atoms with Gasteiger partial charge in [0.15, 0.2) is 6.10 Å². The fourth-order valence-electron chi connectivity index (χ4n) is 1.92. The maximum atomic E-state index is 11.3. The van der Waals surface area contributed by atoms with Crippen LogP contribution in [0.25, 0.3) is 0 Å². The average Bonchev–Trinajstić information content (AvgIpc) is 2.54. The molecule has 2 atom stereocenters. The van der Waals surface area contributed by atoms with Gasteiger partial charge in [0, 0.05) is 6.42 Å². The first-order chi connectivity index (χ1) is 11.0. The lowest BCUT2D eigenvalue weighted by Gasteiger charge is -2.20. The van der Waals surface area contributed by atoms with Crippen LogP contribution in [0.5, 0.6) is 0 Å². The third-order valence-corrected chi connectivity index (χ3v) is 4.59. The largest absolute Gasteiger partial charge is 0.479 e. The quantitative estimate of drug-likeness (QED) is 0.711. The summed E-state index contributed by atoms with van der Waals surface area (Å²) < 4.78 is 10.4. The zero-order chi connectivity index (χ0) is 16.7. The molecule has 2 rings (SSSR count). The first-order valence-electron chi connectivity index (χ1n) is 6.93. The van der Waals surface area contributed by atoms with Crippen molar-refractivity contribution in [2.75, 3.05) is 0 Å². The summed E-state index contributed by atoms with van der Waals surface area (Å²) in [7, 11) is 0. The van der Waals surface area contributed by atoms with Crippen LogP contribution in [-0.2, 0) is 38.7 Å². The molecule has 0 fully saturated rings. The number of carbonyl (C=O) groups is 1. The van der Waals surface area contributed by atoms with Crippen molar-refractivity contribution in [3.05, 3.63) is 71.8 Å². The van der Waals surface area contributed by atoms with E-state index in [1.165, 1.54) is 0 Å². The number of aliphatic carboxylic acids is 1. The molecule has 0 radical (unpaired) electrons. The van der Waals surface area contributed by atoms with Crippen molar-refractivity contribution >= 4 is 24.5 Å². The van der Waals surface area contributed by atoms with Crippen molar-refractivity contribution in [3.63, 3.8) is 0 Å². The number of carboxylic acids is 1. The van der Waals surface area contributed by atoms with E-state index in [0.29, 0.717) is 0 Å². The molecular formula is C16H17O5PS. The minimum Gasteiger partial charge on any atom is -0.479 e. The van der Waals surface area contributed by atoms with Gasteiger partial charge < -0.3 is 14.5 Å². The Labute approximate surface area is 139 Å². The standard InChI is InChI=1S/C16H17O5PS/c17-16(18)15(11-13-7-3-1-4-8-13)21-22(19,23)20-12-14-9-5-2-6-10-14/h1-10,15H,11-12H2,(H,17,18)(H,19,23)/t15-,22?/m0/s1. The highest BCUT2D eigenvalue weighted by Crippen LogP contribution is 2.46. The molecule has 0 aliphatic heterocycles. The summed E-state index contributed by atoms with van der Waals surface area (Å²) in [6.07, 6.45) is -1.16. The second-order valence-corrected chi connectivity index (χ2v) is 7.64. The van der Waals surface area contributed by atoms with Gasteiger partial charge in [-0.15, -0.1) is 0 Å². The minimum absolute atomic E-state index is 0.0618. The molecule has 0 aliphatic carbocycles. The molecule has 1 unspecified atom stereocenters. The van der Waals surface area contributed by atoms with Crippen molar-refractivity contribution in [1.82, 2.24) is 0 Å². The number of hydrogen-bond acceptors (Lipinski definition) is 4. The summed E-state index contributed by atoms with van der Waals surface area (Å²) in [6, 6.07) is 18.1. The molecule has 0 bridgehead atoms. The number of benzene rings is 2. The van der Waals surface area contributed by atoms with Gasteiger partial charge in [0.25, 0.3) is 0 Å². The Morgan fingerprint density at radius 2 is 1.57 bits per heavy atom. The fraction of sp³-hybridized carbons (Fsp3) is 0.188. The molecule has 0 saturated carbocycles. The van der Waals surface area contributed by atoms with Crippen LogP contribution in [0.4, 0.5) is 0 Å². The second-order valence-electron chi connectivity index (χ2n) is 4.85. The van der Waals surface area contributed by atoms with E-state index in [4.69, 9.17) is 20.9 Å². The number of carboxylic acid groups (broad SMARTS) is 1. The first-order valence-corrected chi connectivity index (χ1v) is 9.52. The molecule has 2 aromatic carbocycles. The molecule has 122 valence electrons. The Morgan fingerprint density at radius 3 is 2.09 bits per heavy atom. The Bertz CT molecular complexity index is 677. The highest BCUT2D eigenvalue weighted by atomic mass is 32.5. The van der Waals surface area contributed by atoms with Crippen molar-refractivity contribution < 1.29 is 23.8 Å². The zero-order valence-corrected chi connectivity index (χ0v) is 14.0. The van der Waals surface area contributed by atoms with Crippen LogP contribution >= 0.6 is 6.72 Å². The van der Waals surface area contributed by atoms with Crippen LogP contribution < -0.4 is 0 Å². The molecule has 2 N–H and O–H groups in total. The number of rotatable bonds is 8. The summed E-state index contributed by atoms with van der Waals surface area (Å²) in [4.78, 5) is 21.4. The van der Waals surface area contributed by atoms with E-state index in [1.54, 1.807) is 24.3 Å². The lowest BCUT2D eigenvalue weighted by Crippen LogP contribution is -2.25. The van der Waals surface area contributed by atoms with Gasteiger partial charge in [-0.3, -0.25) is 4.52 Å². The molecule has 0 aromatic heterocycles. The number of hydrogen-bond donors (Lipinski definition) is 2. The predicted octanol–water partition coefficient (Wildman–Crippen LogP) is 3.13. The van der Waals surface area contributed by atoms with Crippen LogP contribution in [0.15, 0.2) is 60.7 Å². The van der Waals surface area contributed by atoms with E-state index < -0.39 is 18.8 Å². The average molecular weight is 352 g/mol. The second kappa shape index (κ2) is 8.34. The van der Waals surface area contributed by atoms with Gasteiger partial charge >= 0.3 is 12.7 Å². The van der Waals surface area contributed by atoms with Gasteiger partial charge in [-0.1, -0.05) is 60.7 Å². The van der Waals surface area contributed by atoms with Crippen molar-refractivity contribution in [1.29, 1.82) is 0 Å². The molecule has 0 amide bonds. The van der Waals surface area contributed by atoms with Crippen LogP contribution in [-0.4, -0.2) is 22.1 Å². The maximum Gasteiger partial charge on any atom is 0.333 e. The van der Waals surface area contributed by atoms with Gasteiger partial charge in [-0.25, -0.2) is 4.79 Å². The Kier molecular flexibility index (Phi) is 6.45. The Balaban J connectivity index is 1.97. The van der Waals surface area contributed by atoms with E-state index in [2.05, 4.69) is 0 Å². The van der Waals surface area contributed by atoms with Crippen LogP contribution in [0.1, 0.15) is 11.1 Å². The smallest absolute Gasteiger partial charge is 0.333 e. The molecule has 0 heterocycles. The monoisotopic (exact) mass is 352 g/mol. The summed E-state index contributed by atoms with van der Waals surface area (Å²) in [5.41, 5.74) is 1.59. The summed E-state index contributed by atoms with van der Waals surface area (Å²) in [5.74, 6) is -1.19. The third kappa shape index (κ3) is 6.22.